The number of halogens is 2. The first-order valence-electron chi connectivity index (χ1n) is 7.67. The maximum Gasteiger partial charge on any atom is 0.387 e. The molecular weight excluding hydrogens is 364 g/mol. The van der Waals surface area contributed by atoms with E-state index in [1.54, 1.807) is 12.1 Å². The lowest BCUT2D eigenvalue weighted by atomic mass is 10.2. The molecule has 0 saturated heterocycles. The number of alkyl halides is 2. The van der Waals surface area contributed by atoms with Gasteiger partial charge in [0.15, 0.2) is 18.1 Å². The second-order valence-corrected chi connectivity index (χ2v) is 5.07. The van der Waals surface area contributed by atoms with E-state index in [2.05, 4.69) is 10.1 Å². The molecule has 0 radical (unpaired) electrons. The van der Waals surface area contributed by atoms with Crippen LogP contribution in [0, 0.1) is 0 Å². The fourth-order valence-corrected chi connectivity index (χ4v) is 2.17. The highest BCUT2D eigenvalue weighted by molar-refractivity contribution is 5.97. The Morgan fingerprint density at radius 2 is 1.74 bits per heavy atom. The van der Waals surface area contributed by atoms with E-state index in [-0.39, 0.29) is 17.1 Å². The number of hydrogen-bond acceptors (Lipinski definition) is 6. The van der Waals surface area contributed by atoms with Crippen molar-refractivity contribution in [2.75, 3.05) is 26.1 Å². The highest BCUT2D eigenvalue weighted by atomic mass is 19.3. The molecule has 0 atom stereocenters. The summed E-state index contributed by atoms with van der Waals surface area (Å²) in [6.45, 7) is -3.48. The minimum Gasteiger partial charge on any atom is -0.493 e. The predicted molar refractivity (Wildman–Crippen MR) is 91.5 cm³/mol. The summed E-state index contributed by atoms with van der Waals surface area (Å²) < 4.78 is 43.6. The molecule has 0 aliphatic rings. The Morgan fingerprint density at radius 3 is 2.33 bits per heavy atom. The molecule has 27 heavy (non-hydrogen) atoms. The van der Waals surface area contributed by atoms with Crippen LogP contribution in [0.15, 0.2) is 42.5 Å². The molecule has 0 spiro atoms. The fraction of sp³-hybridized carbons (Fsp3) is 0.222. The van der Waals surface area contributed by atoms with Gasteiger partial charge in [0.2, 0.25) is 0 Å². The molecule has 0 aliphatic heterocycles. The van der Waals surface area contributed by atoms with Crippen LogP contribution in [-0.2, 0) is 9.53 Å². The minimum atomic E-state index is -2.93. The molecule has 0 bridgehead atoms. The second kappa shape index (κ2) is 9.37. The standard InChI is InChI=1S/C18H17F2NO6/c1-24-14-5-3-4-13(16(14)25-2)17(23)26-10-15(22)21-11-6-8-12(9-7-11)27-18(19)20/h3-9,18H,10H2,1-2H3,(H,21,22). The number of hydrogen-bond donors (Lipinski definition) is 1. The predicted octanol–water partition coefficient (Wildman–Crippen LogP) is 3.10. The summed E-state index contributed by atoms with van der Waals surface area (Å²) in [4.78, 5) is 24.1. The van der Waals surface area contributed by atoms with Crippen LogP contribution in [0.2, 0.25) is 0 Å². The molecule has 144 valence electrons. The molecule has 2 rings (SSSR count). The van der Waals surface area contributed by atoms with E-state index in [1.807, 2.05) is 0 Å². The molecule has 0 unspecified atom stereocenters. The van der Waals surface area contributed by atoms with Crippen LogP contribution < -0.4 is 19.5 Å². The lowest BCUT2D eigenvalue weighted by Gasteiger charge is -2.12. The van der Waals surface area contributed by atoms with E-state index < -0.39 is 25.1 Å². The summed E-state index contributed by atoms with van der Waals surface area (Å²) in [7, 11) is 2.81. The number of esters is 1. The van der Waals surface area contributed by atoms with Crippen molar-refractivity contribution in [1.82, 2.24) is 0 Å². The van der Waals surface area contributed by atoms with E-state index in [0.29, 0.717) is 11.4 Å². The third-order valence-electron chi connectivity index (χ3n) is 3.32. The Hall–Kier alpha value is -3.36. The summed E-state index contributed by atoms with van der Waals surface area (Å²) in [5.74, 6) is -0.864. The molecule has 0 saturated carbocycles. The van der Waals surface area contributed by atoms with Gasteiger partial charge in [-0.15, -0.1) is 0 Å². The van der Waals surface area contributed by atoms with E-state index in [4.69, 9.17) is 14.2 Å². The quantitative estimate of drug-likeness (QED) is 0.708. The number of amides is 1. The van der Waals surface area contributed by atoms with Crippen LogP contribution in [-0.4, -0.2) is 39.3 Å². The number of ether oxygens (including phenoxy) is 4. The smallest absolute Gasteiger partial charge is 0.387 e. The molecular formula is C18H17F2NO6. The molecule has 1 amide bonds. The summed E-state index contributed by atoms with van der Waals surface area (Å²) in [5.41, 5.74) is 0.440. The van der Waals surface area contributed by atoms with Crippen molar-refractivity contribution in [3.63, 3.8) is 0 Å². The van der Waals surface area contributed by atoms with Crippen molar-refractivity contribution < 1.29 is 37.3 Å². The van der Waals surface area contributed by atoms with Gasteiger partial charge in [0.25, 0.3) is 5.91 Å². The number of rotatable bonds is 8. The third kappa shape index (κ3) is 5.56. The molecule has 0 heterocycles. The van der Waals surface area contributed by atoms with Crippen molar-refractivity contribution in [2.24, 2.45) is 0 Å². The Kier molecular flexibility index (Phi) is 6.93. The van der Waals surface area contributed by atoms with Crippen LogP contribution in [0.1, 0.15) is 10.4 Å². The first-order chi connectivity index (χ1) is 12.9. The van der Waals surface area contributed by atoms with Gasteiger partial charge in [0.1, 0.15) is 11.3 Å². The number of methoxy groups -OCH3 is 2. The van der Waals surface area contributed by atoms with Gasteiger partial charge in [-0.05, 0) is 36.4 Å². The SMILES string of the molecule is COc1cccc(C(=O)OCC(=O)Nc2ccc(OC(F)F)cc2)c1OC. The molecule has 9 heteroatoms. The summed E-state index contributed by atoms with van der Waals surface area (Å²) in [5, 5.41) is 2.47. The average molecular weight is 381 g/mol. The summed E-state index contributed by atoms with van der Waals surface area (Å²) in [6.07, 6.45) is 0. The molecule has 7 nitrogen and oxygen atoms in total. The zero-order valence-corrected chi connectivity index (χ0v) is 14.5. The third-order valence-corrected chi connectivity index (χ3v) is 3.32. The van der Waals surface area contributed by atoms with Crippen LogP contribution in [0.3, 0.4) is 0 Å². The minimum absolute atomic E-state index is 0.0421. The van der Waals surface area contributed by atoms with Gasteiger partial charge < -0.3 is 24.3 Å². The zero-order valence-electron chi connectivity index (χ0n) is 14.5. The first kappa shape index (κ1) is 20.0. The number of anilines is 1. The Balaban J connectivity index is 1.93. The lowest BCUT2D eigenvalue weighted by Crippen LogP contribution is -2.21. The monoisotopic (exact) mass is 381 g/mol. The Morgan fingerprint density at radius 1 is 1.04 bits per heavy atom. The van der Waals surface area contributed by atoms with Crippen LogP contribution in [0.25, 0.3) is 0 Å². The first-order valence-corrected chi connectivity index (χ1v) is 7.67. The van der Waals surface area contributed by atoms with Gasteiger partial charge in [-0.3, -0.25) is 4.79 Å². The lowest BCUT2D eigenvalue weighted by molar-refractivity contribution is -0.119. The van der Waals surface area contributed by atoms with E-state index in [9.17, 15) is 18.4 Å². The number of carbonyl (C=O) groups is 2. The van der Waals surface area contributed by atoms with Crippen LogP contribution >= 0.6 is 0 Å². The maximum absolute atomic E-state index is 12.2. The molecule has 2 aromatic rings. The van der Waals surface area contributed by atoms with Crippen molar-refractivity contribution in [1.29, 1.82) is 0 Å². The summed E-state index contributed by atoms with van der Waals surface area (Å²) in [6, 6.07) is 9.98. The topological polar surface area (TPSA) is 83.1 Å². The number of carbonyl (C=O) groups excluding carboxylic acids is 2. The number of nitrogens with one attached hydrogen (secondary N) is 1. The van der Waals surface area contributed by atoms with Crippen LogP contribution in [0.5, 0.6) is 17.2 Å². The van der Waals surface area contributed by atoms with E-state index >= 15 is 0 Å². The van der Waals surface area contributed by atoms with Crippen molar-refractivity contribution in [3.8, 4) is 17.2 Å². The zero-order chi connectivity index (χ0) is 19.8. The van der Waals surface area contributed by atoms with Gasteiger partial charge in [-0.1, -0.05) is 6.07 Å². The maximum atomic E-state index is 12.2. The summed E-state index contributed by atoms with van der Waals surface area (Å²) >= 11 is 0. The fourth-order valence-electron chi connectivity index (χ4n) is 2.17. The molecule has 0 aliphatic carbocycles. The Bertz CT molecular complexity index is 795. The van der Waals surface area contributed by atoms with E-state index in [0.717, 1.165) is 0 Å². The van der Waals surface area contributed by atoms with Gasteiger partial charge in [0, 0.05) is 5.69 Å². The largest absolute Gasteiger partial charge is 0.493 e. The van der Waals surface area contributed by atoms with Crippen molar-refractivity contribution in [2.45, 2.75) is 6.61 Å². The van der Waals surface area contributed by atoms with Gasteiger partial charge >= 0.3 is 12.6 Å². The normalized spacial score (nSPS) is 10.3. The van der Waals surface area contributed by atoms with Gasteiger partial charge in [-0.2, -0.15) is 8.78 Å². The molecule has 1 N–H and O–H groups in total. The van der Waals surface area contributed by atoms with Crippen molar-refractivity contribution in [3.05, 3.63) is 48.0 Å². The van der Waals surface area contributed by atoms with E-state index in [1.165, 1.54) is 44.6 Å². The van der Waals surface area contributed by atoms with Gasteiger partial charge in [-0.25, -0.2) is 4.79 Å². The second-order valence-electron chi connectivity index (χ2n) is 5.07. The molecule has 0 aromatic heterocycles. The van der Waals surface area contributed by atoms with Crippen LogP contribution in [0.4, 0.5) is 14.5 Å². The molecule has 0 fully saturated rings. The molecule has 2 aromatic carbocycles. The van der Waals surface area contributed by atoms with Crippen molar-refractivity contribution >= 4 is 17.6 Å². The average Bonchev–Trinajstić information content (AvgIpc) is 2.66. The van der Waals surface area contributed by atoms with Gasteiger partial charge in [0.05, 0.1) is 14.2 Å². The number of para-hydroxylation sites is 1. The Labute approximate surface area is 153 Å². The highest BCUT2D eigenvalue weighted by Gasteiger charge is 2.18. The highest BCUT2D eigenvalue weighted by Crippen LogP contribution is 2.31. The number of benzene rings is 2.